The molecule has 0 aliphatic rings. The molecule has 0 bridgehead atoms. The van der Waals surface area contributed by atoms with Gasteiger partial charge in [0.2, 0.25) is 0 Å². The SMILES string of the molecule is C#CCN(CCC)c1c(C#N)c(C)nn1C. The Bertz CT molecular complexity index is 445. The molecule has 0 amide bonds. The van der Waals surface area contributed by atoms with Gasteiger partial charge in [-0.25, -0.2) is 0 Å². The molecule has 0 aliphatic heterocycles. The van der Waals surface area contributed by atoms with Gasteiger partial charge < -0.3 is 4.90 Å². The fourth-order valence-electron chi connectivity index (χ4n) is 1.78. The van der Waals surface area contributed by atoms with Crippen LogP contribution in [0.4, 0.5) is 5.82 Å². The third-order valence-electron chi connectivity index (χ3n) is 2.38. The first-order valence-electron chi connectivity index (χ1n) is 5.27. The Kier molecular flexibility index (Phi) is 3.96. The van der Waals surface area contributed by atoms with Gasteiger partial charge in [-0.15, -0.1) is 6.42 Å². The minimum Gasteiger partial charge on any atom is -0.345 e. The van der Waals surface area contributed by atoms with E-state index >= 15 is 0 Å². The van der Waals surface area contributed by atoms with Crippen molar-refractivity contribution >= 4 is 5.82 Å². The van der Waals surface area contributed by atoms with Crippen LogP contribution in [0.2, 0.25) is 0 Å². The van der Waals surface area contributed by atoms with E-state index in [0.29, 0.717) is 12.1 Å². The smallest absolute Gasteiger partial charge is 0.145 e. The zero-order chi connectivity index (χ0) is 12.1. The van der Waals surface area contributed by atoms with Crippen LogP contribution < -0.4 is 4.90 Å². The predicted octanol–water partition coefficient (Wildman–Crippen LogP) is 1.45. The summed E-state index contributed by atoms with van der Waals surface area (Å²) in [5, 5.41) is 13.4. The molecule has 0 spiro atoms. The highest BCUT2D eigenvalue weighted by Gasteiger charge is 2.17. The Balaban J connectivity index is 3.19. The van der Waals surface area contributed by atoms with Crippen LogP contribution in [0.5, 0.6) is 0 Å². The number of hydrogen-bond donors (Lipinski definition) is 0. The quantitative estimate of drug-likeness (QED) is 0.715. The van der Waals surface area contributed by atoms with E-state index < -0.39 is 0 Å². The molecule has 0 N–H and O–H groups in total. The van der Waals surface area contributed by atoms with Crippen molar-refractivity contribution in [2.45, 2.75) is 20.3 Å². The van der Waals surface area contributed by atoms with Gasteiger partial charge in [-0.3, -0.25) is 4.68 Å². The molecule has 16 heavy (non-hydrogen) atoms. The van der Waals surface area contributed by atoms with Crippen LogP contribution >= 0.6 is 0 Å². The summed E-state index contributed by atoms with van der Waals surface area (Å²) in [5.74, 6) is 3.43. The molecule has 0 atom stereocenters. The van der Waals surface area contributed by atoms with Crippen LogP contribution in [0.15, 0.2) is 0 Å². The van der Waals surface area contributed by atoms with Gasteiger partial charge in [0.05, 0.1) is 12.2 Å². The van der Waals surface area contributed by atoms with Crippen molar-refractivity contribution in [2.75, 3.05) is 18.0 Å². The van der Waals surface area contributed by atoms with Crippen LogP contribution in [-0.4, -0.2) is 22.9 Å². The monoisotopic (exact) mass is 216 g/mol. The summed E-state index contributed by atoms with van der Waals surface area (Å²) in [4.78, 5) is 2.01. The lowest BCUT2D eigenvalue weighted by Gasteiger charge is -2.21. The molecular weight excluding hydrogens is 200 g/mol. The highest BCUT2D eigenvalue weighted by Crippen LogP contribution is 2.22. The van der Waals surface area contributed by atoms with Gasteiger partial charge in [0.25, 0.3) is 0 Å². The first-order valence-corrected chi connectivity index (χ1v) is 5.27. The van der Waals surface area contributed by atoms with Crippen LogP contribution in [-0.2, 0) is 7.05 Å². The Hall–Kier alpha value is -1.94. The summed E-state index contributed by atoms with van der Waals surface area (Å²) < 4.78 is 1.72. The highest BCUT2D eigenvalue weighted by molar-refractivity contribution is 5.57. The lowest BCUT2D eigenvalue weighted by Crippen LogP contribution is -2.27. The van der Waals surface area contributed by atoms with Gasteiger partial charge in [0.1, 0.15) is 17.5 Å². The van der Waals surface area contributed by atoms with Gasteiger partial charge in [-0.1, -0.05) is 12.8 Å². The summed E-state index contributed by atoms with van der Waals surface area (Å²) in [5.41, 5.74) is 1.37. The van der Waals surface area contributed by atoms with Crippen LogP contribution in [0, 0.1) is 30.6 Å². The normalized spacial score (nSPS) is 9.56. The molecule has 1 rings (SSSR count). The number of nitrogens with zero attached hydrogens (tertiary/aromatic N) is 4. The maximum absolute atomic E-state index is 9.12. The molecule has 0 unspecified atom stereocenters. The Labute approximate surface area is 96.5 Å². The minimum atomic E-state index is 0.501. The van der Waals surface area contributed by atoms with Gasteiger partial charge in [-0.2, -0.15) is 10.4 Å². The van der Waals surface area contributed by atoms with E-state index in [1.165, 1.54) is 0 Å². The molecule has 0 saturated heterocycles. The highest BCUT2D eigenvalue weighted by atomic mass is 15.4. The van der Waals surface area contributed by atoms with Crippen molar-refractivity contribution in [1.29, 1.82) is 5.26 Å². The topological polar surface area (TPSA) is 44.9 Å². The molecule has 1 aromatic heterocycles. The van der Waals surface area contributed by atoms with E-state index in [4.69, 9.17) is 11.7 Å². The van der Waals surface area contributed by atoms with Gasteiger partial charge in [0.15, 0.2) is 0 Å². The van der Waals surface area contributed by atoms with Crippen molar-refractivity contribution in [3.63, 3.8) is 0 Å². The van der Waals surface area contributed by atoms with Gasteiger partial charge in [-0.05, 0) is 13.3 Å². The van der Waals surface area contributed by atoms with Crippen LogP contribution in [0.3, 0.4) is 0 Å². The van der Waals surface area contributed by atoms with E-state index in [1.54, 1.807) is 4.68 Å². The molecule has 4 nitrogen and oxygen atoms in total. The number of rotatable bonds is 4. The Morgan fingerprint density at radius 3 is 2.75 bits per heavy atom. The fraction of sp³-hybridized carbons (Fsp3) is 0.500. The van der Waals surface area contributed by atoms with Gasteiger partial charge in [0, 0.05) is 13.6 Å². The number of hydrogen-bond acceptors (Lipinski definition) is 3. The molecule has 84 valence electrons. The summed E-state index contributed by atoms with van der Waals surface area (Å²) in [6.07, 6.45) is 6.32. The second-order valence-electron chi connectivity index (χ2n) is 3.65. The first-order chi connectivity index (χ1) is 7.65. The fourth-order valence-corrected chi connectivity index (χ4v) is 1.78. The number of anilines is 1. The van der Waals surface area contributed by atoms with Crippen molar-refractivity contribution < 1.29 is 0 Å². The third-order valence-corrected chi connectivity index (χ3v) is 2.38. The molecule has 0 radical (unpaired) electrons. The van der Waals surface area contributed by atoms with E-state index in [2.05, 4.69) is 24.0 Å². The average molecular weight is 216 g/mol. The zero-order valence-corrected chi connectivity index (χ0v) is 9.99. The van der Waals surface area contributed by atoms with Crippen molar-refractivity contribution in [1.82, 2.24) is 9.78 Å². The van der Waals surface area contributed by atoms with E-state index in [0.717, 1.165) is 24.5 Å². The summed E-state index contributed by atoms with van der Waals surface area (Å²) in [6, 6.07) is 2.19. The maximum atomic E-state index is 9.12. The van der Waals surface area contributed by atoms with Crippen molar-refractivity contribution in [3.8, 4) is 18.4 Å². The molecular formula is C12H16N4. The molecule has 1 aromatic rings. The Morgan fingerprint density at radius 1 is 1.56 bits per heavy atom. The molecule has 0 fully saturated rings. The second-order valence-corrected chi connectivity index (χ2v) is 3.65. The standard InChI is InChI=1S/C12H16N4/c1-5-7-16(8-6-2)12-11(9-13)10(3)14-15(12)4/h1H,6-8H2,2-4H3. The minimum absolute atomic E-state index is 0.501. The molecule has 4 heteroatoms. The molecule has 0 aromatic carbocycles. The van der Waals surface area contributed by atoms with E-state index in [1.807, 2.05) is 18.9 Å². The lowest BCUT2D eigenvalue weighted by molar-refractivity contribution is 0.709. The van der Waals surface area contributed by atoms with Gasteiger partial charge >= 0.3 is 0 Å². The summed E-state index contributed by atoms with van der Waals surface area (Å²) in [7, 11) is 1.84. The third kappa shape index (κ3) is 2.17. The van der Waals surface area contributed by atoms with Crippen molar-refractivity contribution in [3.05, 3.63) is 11.3 Å². The largest absolute Gasteiger partial charge is 0.345 e. The number of aromatic nitrogens is 2. The van der Waals surface area contributed by atoms with E-state index in [9.17, 15) is 0 Å². The lowest BCUT2D eigenvalue weighted by atomic mass is 10.2. The first kappa shape index (κ1) is 12.1. The summed E-state index contributed by atoms with van der Waals surface area (Å²) in [6.45, 7) is 5.25. The predicted molar refractivity (Wildman–Crippen MR) is 64.0 cm³/mol. The Morgan fingerprint density at radius 2 is 2.25 bits per heavy atom. The molecule has 0 saturated carbocycles. The maximum Gasteiger partial charge on any atom is 0.145 e. The number of terminal acetylenes is 1. The number of aryl methyl sites for hydroxylation is 2. The second kappa shape index (κ2) is 5.23. The average Bonchev–Trinajstić information content (AvgIpc) is 2.52. The summed E-state index contributed by atoms with van der Waals surface area (Å²) >= 11 is 0. The zero-order valence-electron chi connectivity index (χ0n) is 9.99. The van der Waals surface area contributed by atoms with E-state index in [-0.39, 0.29) is 0 Å². The number of nitriles is 1. The van der Waals surface area contributed by atoms with Crippen LogP contribution in [0.1, 0.15) is 24.6 Å². The molecule has 1 heterocycles. The van der Waals surface area contributed by atoms with Crippen LogP contribution in [0.25, 0.3) is 0 Å². The molecule has 0 aliphatic carbocycles. The van der Waals surface area contributed by atoms with Crippen molar-refractivity contribution in [2.24, 2.45) is 7.05 Å².